The lowest BCUT2D eigenvalue weighted by atomic mass is 10.2. The van der Waals surface area contributed by atoms with E-state index in [9.17, 15) is 18.4 Å². The Hall–Kier alpha value is -1.78. The van der Waals surface area contributed by atoms with Gasteiger partial charge in [-0.2, -0.15) is 0 Å². The first-order valence-electron chi connectivity index (χ1n) is 4.77. The number of halogens is 2. The fourth-order valence-corrected chi connectivity index (χ4v) is 1.61. The van der Waals surface area contributed by atoms with Crippen LogP contribution in [0.15, 0.2) is 12.1 Å². The van der Waals surface area contributed by atoms with Gasteiger partial charge < -0.3 is 4.90 Å². The van der Waals surface area contributed by atoms with Crippen molar-refractivity contribution in [3.63, 3.8) is 0 Å². The monoisotopic (exact) mass is 225 g/mol. The van der Waals surface area contributed by atoms with Crippen molar-refractivity contribution < 1.29 is 18.4 Å². The first-order chi connectivity index (χ1) is 7.49. The zero-order valence-corrected chi connectivity index (χ0v) is 8.59. The molecule has 0 spiro atoms. The number of anilines is 1. The molecule has 16 heavy (non-hydrogen) atoms. The highest BCUT2D eigenvalue weighted by atomic mass is 19.1. The molecule has 1 aromatic rings. The molecule has 0 bridgehead atoms. The molecule has 3 nitrogen and oxygen atoms in total. The van der Waals surface area contributed by atoms with E-state index in [0.717, 1.165) is 17.0 Å². The highest BCUT2D eigenvalue weighted by molar-refractivity contribution is 6.15. The zero-order valence-electron chi connectivity index (χ0n) is 8.59. The van der Waals surface area contributed by atoms with Crippen molar-refractivity contribution in [1.82, 2.24) is 0 Å². The minimum absolute atomic E-state index is 0.0939. The van der Waals surface area contributed by atoms with Gasteiger partial charge in [0.15, 0.2) is 5.78 Å². The molecule has 0 N–H and O–H groups in total. The van der Waals surface area contributed by atoms with Crippen LogP contribution in [-0.2, 0) is 9.59 Å². The third-order valence-corrected chi connectivity index (χ3v) is 2.56. The molecule has 2 rings (SSSR count). The van der Waals surface area contributed by atoms with Crippen LogP contribution in [0.25, 0.3) is 0 Å². The standard InChI is InChI=1S/C11H9F2NO2/c1-6-9(12)2-7(3-10(6)13)14-5-8(15)4-11(14)16/h2-3H,4-5H2,1H3. The summed E-state index contributed by atoms with van der Waals surface area (Å²) in [4.78, 5) is 23.5. The van der Waals surface area contributed by atoms with Crippen LogP contribution in [0.4, 0.5) is 14.5 Å². The average molecular weight is 225 g/mol. The summed E-state index contributed by atoms with van der Waals surface area (Å²) in [5.41, 5.74) is -0.00169. The summed E-state index contributed by atoms with van der Waals surface area (Å²) in [5.74, 6) is -2.11. The molecule has 5 heteroatoms. The molecule has 0 radical (unpaired) electrons. The van der Waals surface area contributed by atoms with E-state index in [1.807, 2.05) is 0 Å². The van der Waals surface area contributed by atoms with Crippen LogP contribution in [0.1, 0.15) is 12.0 Å². The molecule has 1 aliphatic rings. The maximum absolute atomic E-state index is 13.3. The summed E-state index contributed by atoms with van der Waals surface area (Å²) in [5, 5.41) is 0. The average Bonchev–Trinajstić information content (AvgIpc) is 2.53. The maximum Gasteiger partial charge on any atom is 0.234 e. The number of carbonyl (C=O) groups is 2. The van der Waals surface area contributed by atoms with Gasteiger partial charge in [0, 0.05) is 11.3 Å². The topological polar surface area (TPSA) is 37.4 Å². The Labute approximate surface area is 90.7 Å². The number of amides is 1. The van der Waals surface area contributed by atoms with Gasteiger partial charge in [-0.1, -0.05) is 0 Å². The Morgan fingerprint density at radius 1 is 1.19 bits per heavy atom. The second-order valence-corrected chi connectivity index (χ2v) is 3.73. The van der Waals surface area contributed by atoms with E-state index in [1.54, 1.807) is 0 Å². The molecule has 0 aromatic heterocycles. The lowest BCUT2D eigenvalue weighted by Crippen LogP contribution is -2.24. The molecule has 1 saturated heterocycles. The Morgan fingerprint density at radius 3 is 2.19 bits per heavy atom. The minimum Gasteiger partial charge on any atom is -0.304 e. The smallest absolute Gasteiger partial charge is 0.234 e. The van der Waals surface area contributed by atoms with Crippen LogP contribution in [0.2, 0.25) is 0 Å². The summed E-state index contributed by atoms with van der Waals surface area (Å²) in [6.07, 6.45) is -0.197. The predicted molar refractivity (Wildman–Crippen MR) is 53.1 cm³/mol. The van der Waals surface area contributed by atoms with E-state index in [4.69, 9.17) is 0 Å². The molecular formula is C11H9F2NO2. The molecule has 1 heterocycles. The van der Waals surface area contributed by atoms with Crippen molar-refractivity contribution in [3.8, 4) is 0 Å². The van der Waals surface area contributed by atoms with Crippen molar-refractivity contribution in [1.29, 1.82) is 0 Å². The van der Waals surface area contributed by atoms with Crippen LogP contribution in [-0.4, -0.2) is 18.2 Å². The molecule has 0 aliphatic carbocycles. The number of rotatable bonds is 1. The molecule has 1 amide bonds. The van der Waals surface area contributed by atoms with Crippen LogP contribution in [0.3, 0.4) is 0 Å². The van der Waals surface area contributed by atoms with E-state index < -0.39 is 17.5 Å². The molecule has 0 saturated carbocycles. The molecule has 84 valence electrons. The van der Waals surface area contributed by atoms with Crippen LogP contribution >= 0.6 is 0 Å². The molecular weight excluding hydrogens is 216 g/mol. The molecule has 0 unspecified atom stereocenters. The normalized spacial score (nSPS) is 16.1. The number of carbonyl (C=O) groups excluding carboxylic acids is 2. The van der Waals surface area contributed by atoms with E-state index >= 15 is 0 Å². The quantitative estimate of drug-likeness (QED) is 0.680. The summed E-state index contributed by atoms with van der Waals surface area (Å²) in [6.45, 7) is 1.20. The summed E-state index contributed by atoms with van der Waals surface area (Å²) in [7, 11) is 0. The Morgan fingerprint density at radius 2 is 1.75 bits per heavy atom. The lowest BCUT2D eigenvalue weighted by Gasteiger charge is -2.15. The predicted octanol–water partition coefficient (Wildman–Crippen LogP) is 1.58. The Bertz CT molecular complexity index is 462. The van der Waals surface area contributed by atoms with Crippen molar-refractivity contribution in [2.24, 2.45) is 0 Å². The first-order valence-corrected chi connectivity index (χ1v) is 4.77. The largest absolute Gasteiger partial charge is 0.304 e. The van der Waals surface area contributed by atoms with E-state index in [1.165, 1.54) is 6.92 Å². The second kappa shape index (κ2) is 3.66. The van der Waals surface area contributed by atoms with Gasteiger partial charge in [0.25, 0.3) is 0 Å². The molecule has 0 atom stereocenters. The van der Waals surface area contributed by atoms with Gasteiger partial charge in [0.1, 0.15) is 11.6 Å². The highest BCUT2D eigenvalue weighted by Gasteiger charge is 2.29. The van der Waals surface area contributed by atoms with Crippen molar-refractivity contribution in [2.75, 3.05) is 11.4 Å². The third-order valence-electron chi connectivity index (χ3n) is 2.56. The van der Waals surface area contributed by atoms with Crippen molar-refractivity contribution >= 4 is 17.4 Å². The van der Waals surface area contributed by atoms with Crippen LogP contribution in [0, 0.1) is 18.6 Å². The van der Waals surface area contributed by atoms with Gasteiger partial charge in [-0.25, -0.2) is 8.78 Å². The number of Topliss-reactive ketones (excluding diaryl/α,β-unsaturated/α-hetero) is 1. The Balaban J connectivity index is 2.42. The lowest BCUT2D eigenvalue weighted by molar-refractivity contribution is -0.121. The minimum atomic E-state index is -0.720. The summed E-state index contributed by atoms with van der Waals surface area (Å²) in [6, 6.07) is 2.13. The van der Waals surface area contributed by atoms with Crippen molar-refractivity contribution in [2.45, 2.75) is 13.3 Å². The van der Waals surface area contributed by atoms with Crippen LogP contribution < -0.4 is 4.90 Å². The Kier molecular flexibility index (Phi) is 2.46. The highest BCUT2D eigenvalue weighted by Crippen LogP contribution is 2.24. The number of hydrogen-bond acceptors (Lipinski definition) is 2. The third kappa shape index (κ3) is 1.68. The molecule has 1 aliphatic heterocycles. The number of nitrogens with zero attached hydrogens (tertiary/aromatic N) is 1. The first kappa shape index (κ1) is 10.7. The maximum atomic E-state index is 13.3. The van der Waals surface area contributed by atoms with E-state index in [2.05, 4.69) is 0 Å². The molecule has 1 aromatic carbocycles. The SMILES string of the molecule is Cc1c(F)cc(N2CC(=O)CC2=O)cc1F. The van der Waals surface area contributed by atoms with Crippen molar-refractivity contribution in [3.05, 3.63) is 29.3 Å². The van der Waals surface area contributed by atoms with E-state index in [0.29, 0.717) is 0 Å². The number of benzene rings is 1. The molecule has 1 fully saturated rings. The van der Waals surface area contributed by atoms with Gasteiger partial charge in [-0.15, -0.1) is 0 Å². The van der Waals surface area contributed by atoms with E-state index in [-0.39, 0.29) is 30.0 Å². The zero-order chi connectivity index (χ0) is 11.9. The van der Waals surface area contributed by atoms with Gasteiger partial charge in [-0.3, -0.25) is 9.59 Å². The fourth-order valence-electron chi connectivity index (χ4n) is 1.61. The fraction of sp³-hybridized carbons (Fsp3) is 0.273. The summed E-state index contributed by atoms with van der Waals surface area (Å²) >= 11 is 0. The van der Waals surface area contributed by atoms with Gasteiger partial charge in [0.05, 0.1) is 13.0 Å². The summed E-state index contributed by atoms with van der Waals surface area (Å²) < 4.78 is 26.5. The van der Waals surface area contributed by atoms with Crippen LogP contribution in [0.5, 0.6) is 0 Å². The van der Waals surface area contributed by atoms with Gasteiger partial charge in [-0.05, 0) is 19.1 Å². The number of ketones is 1. The van der Waals surface area contributed by atoms with Gasteiger partial charge >= 0.3 is 0 Å². The second-order valence-electron chi connectivity index (χ2n) is 3.73. The number of hydrogen-bond donors (Lipinski definition) is 0. The van der Waals surface area contributed by atoms with Gasteiger partial charge in [0.2, 0.25) is 5.91 Å².